The fourth-order valence-corrected chi connectivity index (χ4v) is 1.41. The van der Waals surface area contributed by atoms with Crippen molar-refractivity contribution >= 4 is 0 Å². The SMILES string of the molecule is C=C(CC)CC(O)c1ccc(OC(F)F)cc1. The highest BCUT2D eigenvalue weighted by Crippen LogP contribution is 2.24. The monoisotopic (exact) mass is 242 g/mol. The van der Waals surface area contributed by atoms with Crippen LogP contribution in [0.1, 0.15) is 31.4 Å². The zero-order chi connectivity index (χ0) is 12.8. The van der Waals surface area contributed by atoms with Crippen LogP contribution in [0.15, 0.2) is 36.4 Å². The minimum atomic E-state index is -2.83. The van der Waals surface area contributed by atoms with Gasteiger partial charge in [0.2, 0.25) is 0 Å². The Kier molecular flexibility index (Phi) is 5.10. The topological polar surface area (TPSA) is 29.5 Å². The zero-order valence-electron chi connectivity index (χ0n) is 9.70. The zero-order valence-corrected chi connectivity index (χ0v) is 9.70. The number of ether oxygens (including phenoxy) is 1. The summed E-state index contributed by atoms with van der Waals surface area (Å²) >= 11 is 0. The lowest BCUT2D eigenvalue weighted by molar-refractivity contribution is -0.0498. The second-order valence-corrected chi connectivity index (χ2v) is 3.77. The van der Waals surface area contributed by atoms with E-state index in [1.807, 2.05) is 6.92 Å². The Balaban J connectivity index is 2.63. The lowest BCUT2D eigenvalue weighted by Gasteiger charge is -2.12. The Morgan fingerprint density at radius 1 is 1.35 bits per heavy atom. The van der Waals surface area contributed by atoms with E-state index in [1.165, 1.54) is 12.1 Å². The van der Waals surface area contributed by atoms with Gasteiger partial charge in [0.15, 0.2) is 0 Å². The maximum Gasteiger partial charge on any atom is 0.387 e. The number of alkyl halides is 2. The standard InChI is InChI=1S/C13H16F2O2/c1-3-9(2)8-12(16)10-4-6-11(7-5-10)17-13(14)15/h4-7,12-13,16H,2-3,8H2,1H3. The fraction of sp³-hybridized carbons (Fsp3) is 0.385. The maximum absolute atomic E-state index is 11.9. The molecule has 0 aliphatic carbocycles. The first kappa shape index (κ1) is 13.6. The third-order valence-electron chi connectivity index (χ3n) is 2.47. The van der Waals surface area contributed by atoms with Crippen molar-refractivity contribution in [2.24, 2.45) is 0 Å². The highest BCUT2D eigenvalue weighted by Gasteiger charge is 2.09. The summed E-state index contributed by atoms with van der Waals surface area (Å²) in [5.41, 5.74) is 1.62. The van der Waals surface area contributed by atoms with Gasteiger partial charge in [0.05, 0.1) is 6.10 Å². The molecule has 1 N–H and O–H groups in total. The van der Waals surface area contributed by atoms with Crippen LogP contribution in [-0.2, 0) is 0 Å². The number of hydrogen-bond donors (Lipinski definition) is 1. The first-order chi connectivity index (χ1) is 8.02. The van der Waals surface area contributed by atoms with Crippen molar-refractivity contribution in [1.29, 1.82) is 0 Å². The van der Waals surface area contributed by atoms with Crippen molar-refractivity contribution < 1.29 is 18.6 Å². The smallest absolute Gasteiger partial charge is 0.387 e. The van der Waals surface area contributed by atoms with Crippen molar-refractivity contribution in [2.45, 2.75) is 32.5 Å². The largest absolute Gasteiger partial charge is 0.435 e. The van der Waals surface area contributed by atoms with E-state index in [1.54, 1.807) is 12.1 Å². The molecule has 0 bridgehead atoms. The molecule has 4 heteroatoms. The molecule has 94 valence electrons. The number of hydrogen-bond acceptors (Lipinski definition) is 2. The molecule has 1 rings (SSSR count). The van der Waals surface area contributed by atoms with Crippen molar-refractivity contribution in [2.75, 3.05) is 0 Å². The van der Waals surface area contributed by atoms with Gasteiger partial charge in [-0.1, -0.05) is 31.2 Å². The maximum atomic E-state index is 11.9. The molecule has 0 aromatic heterocycles. The molecule has 0 amide bonds. The molecule has 0 aliphatic rings. The molecule has 1 aromatic carbocycles. The molecule has 0 spiro atoms. The van der Waals surface area contributed by atoms with E-state index in [4.69, 9.17) is 0 Å². The van der Waals surface area contributed by atoms with Crippen molar-refractivity contribution in [3.63, 3.8) is 0 Å². The average molecular weight is 242 g/mol. The third kappa shape index (κ3) is 4.53. The molecule has 0 saturated carbocycles. The number of rotatable bonds is 6. The van der Waals surface area contributed by atoms with E-state index in [2.05, 4.69) is 11.3 Å². The predicted octanol–water partition coefficient (Wildman–Crippen LogP) is 3.68. The van der Waals surface area contributed by atoms with Crippen LogP contribution in [0.2, 0.25) is 0 Å². The lowest BCUT2D eigenvalue weighted by Crippen LogP contribution is -2.03. The van der Waals surface area contributed by atoms with Crippen LogP contribution in [0, 0.1) is 0 Å². The van der Waals surface area contributed by atoms with Gasteiger partial charge in [-0.05, 0) is 30.5 Å². The Hall–Kier alpha value is -1.42. The van der Waals surface area contributed by atoms with Crippen molar-refractivity contribution in [1.82, 2.24) is 0 Å². The fourth-order valence-electron chi connectivity index (χ4n) is 1.41. The van der Waals surface area contributed by atoms with E-state index in [0.717, 1.165) is 12.0 Å². The van der Waals surface area contributed by atoms with Gasteiger partial charge in [-0.2, -0.15) is 8.78 Å². The highest BCUT2D eigenvalue weighted by atomic mass is 19.3. The van der Waals surface area contributed by atoms with E-state index in [-0.39, 0.29) is 5.75 Å². The molecular weight excluding hydrogens is 226 g/mol. The van der Waals surface area contributed by atoms with Gasteiger partial charge >= 0.3 is 6.61 Å². The summed E-state index contributed by atoms with van der Waals surface area (Å²) in [6, 6.07) is 5.98. The van der Waals surface area contributed by atoms with E-state index in [9.17, 15) is 13.9 Å². The first-order valence-corrected chi connectivity index (χ1v) is 5.42. The summed E-state index contributed by atoms with van der Waals surface area (Å²) in [5, 5.41) is 9.85. The van der Waals surface area contributed by atoms with Crippen LogP contribution in [0.5, 0.6) is 5.75 Å². The highest BCUT2D eigenvalue weighted by molar-refractivity contribution is 5.29. The average Bonchev–Trinajstić information content (AvgIpc) is 2.28. The van der Waals surface area contributed by atoms with Gasteiger partial charge in [-0.25, -0.2) is 0 Å². The van der Waals surface area contributed by atoms with Gasteiger partial charge < -0.3 is 9.84 Å². The summed E-state index contributed by atoms with van der Waals surface area (Å²) in [6.07, 6.45) is 0.637. The van der Waals surface area contributed by atoms with Crippen molar-refractivity contribution in [3.05, 3.63) is 42.0 Å². The number of benzene rings is 1. The van der Waals surface area contributed by atoms with Gasteiger partial charge in [0, 0.05) is 0 Å². The molecule has 0 heterocycles. The van der Waals surface area contributed by atoms with E-state index >= 15 is 0 Å². The number of aliphatic hydroxyl groups is 1. The van der Waals surface area contributed by atoms with Gasteiger partial charge in [0.1, 0.15) is 5.75 Å². The first-order valence-electron chi connectivity index (χ1n) is 5.42. The Morgan fingerprint density at radius 2 is 1.94 bits per heavy atom. The molecule has 0 fully saturated rings. The van der Waals surface area contributed by atoms with Crippen LogP contribution in [0.25, 0.3) is 0 Å². The molecule has 2 nitrogen and oxygen atoms in total. The van der Waals surface area contributed by atoms with Crippen LogP contribution in [-0.4, -0.2) is 11.7 Å². The Bertz CT molecular complexity index is 360. The summed E-state index contributed by atoms with van der Waals surface area (Å²) < 4.78 is 28.0. The van der Waals surface area contributed by atoms with E-state index in [0.29, 0.717) is 12.0 Å². The predicted molar refractivity (Wildman–Crippen MR) is 62.1 cm³/mol. The van der Waals surface area contributed by atoms with Gasteiger partial charge in [-0.3, -0.25) is 0 Å². The van der Waals surface area contributed by atoms with Crippen LogP contribution in [0.4, 0.5) is 8.78 Å². The number of halogens is 2. The van der Waals surface area contributed by atoms with Gasteiger partial charge in [0.25, 0.3) is 0 Å². The second-order valence-electron chi connectivity index (χ2n) is 3.77. The molecular formula is C13H16F2O2. The summed E-state index contributed by atoms with van der Waals surface area (Å²) in [6.45, 7) is 2.95. The summed E-state index contributed by atoms with van der Waals surface area (Å²) in [4.78, 5) is 0. The van der Waals surface area contributed by atoms with Crippen molar-refractivity contribution in [3.8, 4) is 5.75 Å². The number of aliphatic hydroxyl groups excluding tert-OH is 1. The molecule has 0 radical (unpaired) electrons. The van der Waals surface area contributed by atoms with Crippen LogP contribution >= 0.6 is 0 Å². The van der Waals surface area contributed by atoms with Crippen LogP contribution in [0.3, 0.4) is 0 Å². The Morgan fingerprint density at radius 3 is 2.41 bits per heavy atom. The third-order valence-corrected chi connectivity index (χ3v) is 2.47. The normalized spacial score (nSPS) is 12.5. The lowest BCUT2D eigenvalue weighted by atomic mass is 10.0. The minimum Gasteiger partial charge on any atom is -0.435 e. The minimum absolute atomic E-state index is 0.0882. The quantitative estimate of drug-likeness (QED) is 0.771. The molecule has 1 unspecified atom stereocenters. The molecule has 1 aromatic rings. The molecule has 0 saturated heterocycles. The molecule has 1 atom stereocenters. The second kappa shape index (κ2) is 6.35. The van der Waals surface area contributed by atoms with Gasteiger partial charge in [-0.15, -0.1) is 0 Å². The summed E-state index contributed by atoms with van der Waals surface area (Å²) in [7, 11) is 0. The Labute approximate surface area is 99.5 Å². The molecule has 0 aliphatic heterocycles. The van der Waals surface area contributed by atoms with Crippen LogP contribution < -0.4 is 4.74 Å². The summed E-state index contributed by atoms with van der Waals surface area (Å²) in [5.74, 6) is 0.0882. The molecule has 17 heavy (non-hydrogen) atoms. The van der Waals surface area contributed by atoms with E-state index < -0.39 is 12.7 Å².